The van der Waals surface area contributed by atoms with Crippen LogP contribution in [-0.2, 0) is 5.41 Å². The molecule has 0 aliphatic heterocycles. The molecule has 0 heterocycles. The van der Waals surface area contributed by atoms with Crippen LogP contribution in [0.3, 0.4) is 0 Å². The molecule has 2 nitrogen and oxygen atoms in total. The maximum absolute atomic E-state index is 13.8. The third kappa shape index (κ3) is 2.01. The fourth-order valence-electron chi connectivity index (χ4n) is 2.87. The van der Waals surface area contributed by atoms with E-state index >= 15 is 0 Å². The average molecular weight is 251 g/mol. The first-order chi connectivity index (χ1) is 8.42. The van der Waals surface area contributed by atoms with Gasteiger partial charge in [0, 0.05) is 23.1 Å². The van der Waals surface area contributed by atoms with Crippen LogP contribution in [0.1, 0.15) is 50.7 Å². The van der Waals surface area contributed by atoms with E-state index in [0.29, 0.717) is 11.7 Å². The van der Waals surface area contributed by atoms with Crippen molar-refractivity contribution in [2.75, 3.05) is 7.11 Å². The van der Waals surface area contributed by atoms with Crippen molar-refractivity contribution in [1.82, 2.24) is 0 Å². The van der Waals surface area contributed by atoms with E-state index in [1.807, 2.05) is 6.92 Å². The second-order valence-corrected chi connectivity index (χ2v) is 5.67. The first kappa shape index (κ1) is 13.3. The number of rotatable bonds is 4. The summed E-state index contributed by atoms with van der Waals surface area (Å²) in [5.74, 6) is 0.705. The van der Waals surface area contributed by atoms with Gasteiger partial charge in [0.2, 0.25) is 0 Å². The molecule has 0 bridgehead atoms. The Morgan fingerprint density at radius 2 is 1.89 bits per heavy atom. The molecule has 0 amide bonds. The summed E-state index contributed by atoms with van der Waals surface area (Å²) in [5, 5.41) is 0. The lowest BCUT2D eigenvalue weighted by Crippen LogP contribution is -2.32. The highest BCUT2D eigenvalue weighted by Gasteiger charge is 2.49. The quantitative estimate of drug-likeness (QED) is 0.890. The summed E-state index contributed by atoms with van der Waals surface area (Å²) in [6.45, 7) is 6.22. The number of methoxy groups -OCH3 is 1. The standard InChI is InChI=1S/C15H22FNO/c1-9(2)14-12(15(5-6-15)10(3)17)7-11(16)8-13(14)18-4/h7-10H,5-6,17H2,1-4H3. The second-order valence-electron chi connectivity index (χ2n) is 5.67. The van der Waals surface area contributed by atoms with E-state index in [0.717, 1.165) is 24.0 Å². The van der Waals surface area contributed by atoms with Gasteiger partial charge in [0.15, 0.2) is 0 Å². The largest absolute Gasteiger partial charge is 0.496 e. The zero-order valence-corrected chi connectivity index (χ0v) is 11.6. The SMILES string of the molecule is COc1cc(F)cc(C2(C(C)N)CC2)c1C(C)C. The molecular weight excluding hydrogens is 229 g/mol. The van der Waals surface area contributed by atoms with Crippen LogP contribution in [0.5, 0.6) is 5.75 Å². The van der Waals surface area contributed by atoms with Crippen molar-refractivity contribution in [2.45, 2.75) is 51.0 Å². The highest BCUT2D eigenvalue weighted by molar-refractivity contribution is 5.49. The molecule has 0 radical (unpaired) electrons. The Morgan fingerprint density at radius 1 is 1.28 bits per heavy atom. The number of benzene rings is 1. The predicted octanol–water partition coefficient (Wildman–Crippen LogP) is 3.34. The van der Waals surface area contributed by atoms with Crippen molar-refractivity contribution in [1.29, 1.82) is 0 Å². The smallest absolute Gasteiger partial charge is 0.127 e. The molecule has 3 heteroatoms. The zero-order chi connectivity index (χ0) is 13.5. The fourth-order valence-corrected chi connectivity index (χ4v) is 2.87. The van der Waals surface area contributed by atoms with Crippen molar-refractivity contribution in [3.05, 3.63) is 29.1 Å². The highest BCUT2D eigenvalue weighted by atomic mass is 19.1. The molecule has 1 atom stereocenters. The van der Waals surface area contributed by atoms with Gasteiger partial charge in [-0.25, -0.2) is 4.39 Å². The second kappa shape index (κ2) is 4.54. The molecule has 1 fully saturated rings. The number of halogens is 1. The third-order valence-electron chi connectivity index (χ3n) is 4.10. The minimum Gasteiger partial charge on any atom is -0.496 e. The lowest BCUT2D eigenvalue weighted by atomic mass is 9.82. The normalized spacial score (nSPS) is 18.8. The topological polar surface area (TPSA) is 35.2 Å². The Morgan fingerprint density at radius 3 is 2.28 bits per heavy atom. The van der Waals surface area contributed by atoms with Gasteiger partial charge in [0.25, 0.3) is 0 Å². The van der Waals surface area contributed by atoms with E-state index < -0.39 is 0 Å². The van der Waals surface area contributed by atoms with E-state index in [1.54, 1.807) is 13.2 Å². The molecular formula is C15H22FNO. The average Bonchev–Trinajstić information content (AvgIpc) is 3.08. The summed E-state index contributed by atoms with van der Waals surface area (Å²) in [6, 6.07) is 3.16. The Hall–Kier alpha value is -1.09. The molecule has 1 saturated carbocycles. The maximum atomic E-state index is 13.8. The van der Waals surface area contributed by atoms with Gasteiger partial charge < -0.3 is 10.5 Å². The lowest BCUT2D eigenvalue weighted by molar-refractivity contribution is 0.400. The van der Waals surface area contributed by atoms with Gasteiger partial charge in [-0.3, -0.25) is 0 Å². The van der Waals surface area contributed by atoms with Crippen LogP contribution in [0.2, 0.25) is 0 Å². The molecule has 0 spiro atoms. The Labute approximate surface area is 108 Å². The fraction of sp³-hybridized carbons (Fsp3) is 0.600. The van der Waals surface area contributed by atoms with Crippen LogP contribution in [0, 0.1) is 5.82 Å². The monoisotopic (exact) mass is 251 g/mol. The molecule has 1 aliphatic rings. The van der Waals surface area contributed by atoms with Gasteiger partial charge in [-0.2, -0.15) is 0 Å². The van der Waals surface area contributed by atoms with Crippen LogP contribution in [0.25, 0.3) is 0 Å². The summed E-state index contributed by atoms with van der Waals surface area (Å²) in [7, 11) is 1.59. The minimum absolute atomic E-state index is 0.0431. The number of nitrogens with two attached hydrogens (primary N) is 1. The number of hydrogen-bond acceptors (Lipinski definition) is 2. The zero-order valence-electron chi connectivity index (χ0n) is 11.6. The number of ether oxygens (including phenoxy) is 1. The van der Waals surface area contributed by atoms with Gasteiger partial charge in [-0.15, -0.1) is 0 Å². The van der Waals surface area contributed by atoms with E-state index in [-0.39, 0.29) is 17.3 Å². The van der Waals surface area contributed by atoms with Crippen LogP contribution < -0.4 is 10.5 Å². The molecule has 100 valence electrons. The molecule has 0 saturated heterocycles. The molecule has 1 aliphatic carbocycles. The molecule has 2 N–H and O–H groups in total. The predicted molar refractivity (Wildman–Crippen MR) is 71.6 cm³/mol. The van der Waals surface area contributed by atoms with Crippen LogP contribution >= 0.6 is 0 Å². The Bertz CT molecular complexity index is 450. The third-order valence-corrected chi connectivity index (χ3v) is 4.10. The first-order valence-corrected chi connectivity index (χ1v) is 6.56. The van der Waals surface area contributed by atoms with Crippen LogP contribution in [-0.4, -0.2) is 13.2 Å². The van der Waals surface area contributed by atoms with E-state index in [4.69, 9.17) is 10.5 Å². The van der Waals surface area contributed by atoms with Crippen molar-refractivity contribution < 1.29 is 9.13 Å². The first-order valence-electron chi connectivity index (χ1n) is 6.56. The summed E-state index contributed by atoms with van der Waals surface area (Å²) < 4.78 is 19.1. The highest BCUT2D eigenvalue weighted by Crippen LogP contribution is 2.53. The molecule has 1 aromatic rings. The molecule has 18 heavy (non-hydrogen) atoms. The van der Waals surface area contributed by atoms with Gasteiger partial charge >= 0.3 is 0 Å². The maximum Gasteiger partial charge on any atom is 0.127 e. The lowest BCUT2D eigenvalue weighted by Gasteiger charge is -2.26. The van der Waals surface area contributed by atoms with E-state index in [2.05, 4.69) is 13.8 Å². The van der Waals surface area contributed by atoms with Gasteiger partial charge in [0.05, 0.1) is 7.11 Å². The van der Waals surface area contributed by atoms with Crippen molar-refractivity contribution in [3.8, 4) is 5.75 Å². The van der Waals surface area contributed by atoms with Crippen LogP contribution in [0.15, 0.2) is 12.1 Å². The van der Waals surface area contributed by atoms with Crippen molar-refractivity contribution in [3.63, 3.8) is 0 Å². The summed E-state index contributed by atoms with van der Waals surface area (Å²) in [5.41, 5.74) is 8.22. The van der Waals surface area contributed by atoms with E-state index in [1.165, 1.54) is 6.07 Å². The summed E-state index contributed by atoms with van der Waals surface area (Å²) in [4.78, 5) is 0. The molecule has 2 rings (SSSR count). The minimum atomic E-state index is -0.238. The summed E-state index contributed by atoms with van der Waals surface area (Å²) in [6.07, 6.45) is 2.08. The molecule has 1 aromatic carbocycles. The Balaban J connectivity index is 2.62. The van der Waals surface area contributed by atoms with Gasteiger partial charge in [0.1, 0.15) is 11.6 Å². The molecule has 0 aromatic heterocycles. The van der Waals surface area contributed by atoms with Crippen LogP contribution in [0.4, 0.5) is 4.39 Å². The van der Waals surface area contributed by atoms with Gasteiger partial charge in [-0.1, -0.05) is 13.8 Å². The van der Waals surface area contributed by atoms with E-state index in [9.17, 15) is 4.39 Å². The Kier molecular flexibility index (Phi) is 3.37. The van der Waals surface area contributed by atoms with Crippen molar-refractivity contribution in [2.24, 2.45) is 5.73 Å². The van der Waals surface area contributed by atoms with Crippen molar-refractivity contribution >= 4 is 0 Å². The number of hydrogen-bond donors (Lipinski definition) is 1. The summed E-state index contributed by atoms with van der Waals surface area (Å²) >= 11 is 0. The van der Waals surface area contributed by atoms with Gasteiger partial charge in [-0.05, 0) is 37.3 Å². The molecule has 1 unspecified atom stereocenters.